The Kier molecular flexibility index (Phi) is 2.54. The molecule has 0 aliphatic carbocycles. The first-order chi connectivity index (χ1) is 5.29. The van der Waals surface area contributed by atoms with Gasteiger partial charge in [0.05, 0.1) is 0 Å². The first-order valence-electron chi connectivity index (χ1n) is 3.44. The number of carbonyl (C=O) groups excluding carboxylic acids is 1. The first kappa shape index (κ1) is 7.65. The van der Waals surface area contributed by atoms with Gasteiger partial charge in [0, 0.05) is 24.9 Å². The number of rotatable bonds is 3. The Bertz CT molecular complexity index is 218. The van der Waals surface area contributed by atoms with Gasteiger partial charge in [-0.1, -0.05) is 0 Å². The van der Waals surface area contributed by atoms with Gasteiger partial charge in [-0.3, -0.25) is 0 Å². The number of nitrogens with one attached hydrogen (secondary N) is 2. The van der Waals surface area contributed by atoms with E-state index in [2.05, 4.69) is 10.3 Å². The summed E-state index contributed by atoms with van der Waals surface area (Å²) in [5.74, 6) is 0. The van der Waals surface area contributed by atoms with Crippen molar-refractivity contribution < 1.29 is 4.79 Å². The van der Waals surface area contributed by atoms with Crippen LogP contribution in [-0.4, -0.2) is 17.6 Å². The third-order valence-electron chi connectivity index (χ3n) is 1.36. The van der Waals surface area contributed by atoms with Crippen LogP contribution in [0.5, 0.6) is 0 Å². The minimum absolute atomic E-state index is 0.475. The summed E-state index contributed by atoms with van der Waals surface area (Å²) in [4.78, 5) is 13.2. The van der Waals surface area contributed by atoms with Crippen LogP contribution in [0.2, 0.25) is 0 Å². The fourth-order valence-electron chi connectivity index (χ4n) is 0.843. The first-order valence-corrected chi connectivity index (χ1v) is 3.44. The van der Waals surface area contributed by atoms with E-state index in [1.54, 1.807) is 0 Å². The summed E-state index contributed by atoms with van der Waals surface area (Å²) in [5, 5.41) is 2.50. The highest BCUT2D eigenvalue weighted by atomic mass is 16.2. The van der Waals surface area contributed by atoms with Crippen LogP contribution in [0.4, 0.5) is 4.79 Å². The third kappa shape index (κ3) is 2.75. The highest BCUT2D eigenvalue weighted by Gasteiger charge is 1.93. The number of H-pyrrole nitrogens is 1. The smallest absolute Gasteiger partial charge is 0.312 e. The summed E-state index contributed by atoms with van der Waals surface area (Å²) in [6.07, 6.45) is 2.63. The number of amides is 2. The molecular formula is C7H11N3O. The third-order valence-corrected chi connectivity index (χ3v) is 1.36. The Hall–Kier alpha value is -1.45. The fourth-order valence-corrected chi connectivity index (χ4v) is 0.843. The lowest BCUT2D eigenvalue weighted by Crippen LogP contribution is -2.30. The molecule has 0 atom stereocenters. The number of hydrogen-bond donors (Lipinski definition) is 3. The maximum absolute atomic E-state index is 10.2. The summed E-state index contributed by atoms with van der Waals surface area (Å²) in [6, 6.07) is 3.40. The zero-order chi connectivity index (χ0) is 8.10. The fraction of sp³-hybridized carbons (Fsp3) is 0.286. The van der Waals surface area contributed by atoms with Crippen LogP contribution in [0, 0.1) is 0 Å². The van der Waals surface area contributed by atoms with Gasteiger partial charge in [0.1, 0.15) is 0 Å². The van der Waals surface area contributed by atoms with Gasteiger partial charge < -0.3 is 16.0 Å². The highest BCUT2D eigenvalue weighted by molar-refractivity contribution is 5.71. The van der Waals surface area contributed by atoms with Crippen LogP contribution in [0.3, 0.4) is 0 Å². The zero-order valence-corrected chi connectivity index (χ0v) is 6.13. The molecule has 0 aliphatic rings. The van der Waals surface area contributed by atoms with E-state index in [0.29, 0.717) is 6.54 Å². The average molecular weight is 153 g/mol. The maximum Gasteiger partial charge on any atom is 0.312 e. The molecule has 0 aromatic carbocycles. The summed E-state index contributed by atoms with van der Waals surface area (Å²) < 4.78 is 0. The Morgan fingerprint density at radius 2 is 2.55 bits per heavy atom. The molecule has 0 fully saturated rings. The second-order valence-corrected chi connectivity index (χ2v) is 2.24. The standard InChI is InChI=1S/C7H11N3O/c8-7(11)10-5-3-6-2-1-4-9-6/h1-2,4,9H,3,5H2,(H3,8,10,11). The normalized spacial score (nSPS) is 9.45. The molecule has 11 heavy (non-hydrogen) atoms. The number of urea groups is 1. The summed E-state index contributed by atoms with van der Waals surface area (Å²) >= 11 is 0. The highest BCUT2D eigenvalue weighted by Crippen LogP contribution is 1.93. The number of hydrogen-bond acceptors (Lipinski definition) is 1. The van der Waals surface area contributed by atoms with Gasteiger partial charge in [0.2, 0.25) is 0 Å². The lowest BCUT2D eigenvalue weighted by Gasteiger charge is -1.98. The van der Waals surface area contributed by atoms with E-state index in [-0.39, 0.29) is 0 Å². The summed E-state index contributed by atoms with van der Waals surface area (Å²) in [6.45, 7) is 0.579. The molecule has 1 rings (SSSR count). The minimum atomic E-state index is -0.475. The van der Waals surface area contributed by atoms with E-state index in [9.17, 15) is 4.79 Å². The number of carbonyl (C=O) groups is 1. The molecule has 4 heteroatoms. The Labute approximate surface area is 64.8 Å². The van der Waals surface area contributed by atoms with E-state index >= 15 is 0 Å². The molecular weight excluding hydrogens is 142 g/mol. The van der Waals surface area contributed by atoms with Crippen molar-refractivity contribution in [1.29, 1.82) is 0 Å². The van der Waals surface area contributed by atoms with Crippen LogP contribution in [0.15, 0.2) is 18.3 Å². The van der Waals surface area contributed by atoms with Gasteiger partial charge in [0.15, 0.2) is 0 Å². The molecule has 0 spiro atoms. The van der Waals surface area contributed by atoms with Crippen LogP contribution in [0.25, 0.3) is 0 Å². The maximum atomic E-state index is 10.2. The predicted molar refractivity (Wildman–Crippen MR) is 42.1 cm³/mol. The number of aromatic amines is 1. The van der Waals surface area contributed by atoms with Crippen molar-refractivity contribution in [2.45, 2.75) is 6.42 Å². The van der Waals surface area contributed by atoms with Gasteiger partial charge in [-0.05, 0) is 12.1 Å². The van der Waals surface area contributed by atoms with Crippen molar-refractivity contribution in [2.24, 2.45) is 5.73 Å². The molecule has 1 aromatic heterocycles. The van der Waals surface area contributed by atoms with Crippen LogP contribution in [0.1, 0.15) is 5.69 Å². The molecule has 4 nitrogen and oxygen atoms in total. The molecule has 0 radical (unpaired) electrons. The van der Waals surface area contributed by atoms with Gasteiger partial charge in [0.25, 0.3) is 0 Å². The van der Waals surface area contributed by atoms with Gasteiger partial charge in [-0.15, -0.1) is 0 Å². The quantitative estimate of drug-likeness (QED) is 0.571. The number of primary amides is 1. The van der Waals surface area contributed by atoms with Crippen molar-refractivity contribution in [2.75, 3.05) is 6.54 Å². The lowest BCUT2D eigenvalue weighted by atomic mass is 10.3. The van der Waals surface area contributed by atoms with Crippen LogP contribution in [-0.2, 0) is 6.42 Å². The van der Waals surface area contributed by atoms with Crippen molar-refractivity contribution in [3.63, 3.8) is 0 Å². The molecule has 2 amide bonds. The van der Waals surface area contributed by atoms with Crippen molar-refractivity contribution in [3.8, 4) is 0 Å². The van der Waals surface area contributed by atoms with Gasteiger partial charge in [-0.25, -0.2) is 4.79 Å². The summed E-state index contributed by atoms with van der Waals surface area (Å²) in [7, 11) is 0. The lowest BCUT2D eigenvalue weighted by molar-refractivity contribution is 0.249. The molecule has 1 aromatic rings. The monoisotopic (exact) mass is 153 g/mol. The molecule has 0 saturated heterocycles. The zero-order valence-electron chi connectivity index (χ0n) is 6.13. The second kappa shape index (κ2) is 3.65. The van der Waals surface area contributed by atoms with E-state index in [1.165, 1.54) is 0 Å². The van der Waals surface area contributed by atoms with E-state index in [4.69, 9.17) is 5.73 Å². The Morgan fingerprint density at radius 1 is 1.73 bits per heavy atom. The summed E-state index contributed by atoms with van der Waals surface area (Å²) in [5.41, 5.74) is 5.97. The van der Waals surface area contributed by atoms with E-state index < -0.39 is 6.03 Å². The topological polar surface area (TPSA) is 70.9 Å². The molecule has 0 saturated carbocycles. The minimum Gasteiger partial charge on any atom is -0.365 e. The molecule has 0 bridgehead atoms. The van der Waals surface area contributed by atoms with Gasteiger partial charge in [-0.2, -0.15) is 0 Å². The second-order valence-electron chi connectivity index (χ2n) is 2.24. The molecule has 0 unspecified atom stereocenters. The molecule has 0 aliphatic heterocycles. The SMILES string of the molecule is NC(=O)NCCc1ccc[nH]1. The van der Waals surface area contributed by atoms with Crippen molar-refractivity contribution in [1.82, 2.24) is 10.3 Å². The largest absolute Gasteiger partial charge is 0.365 e. The van der Waals surface area contributed by atoms with Crippen LogP contribution < -0.4 is 11.1 Å². The molecule has 1 heterocycles. The molecule has 4 N–H and O–H groups in total. The Balaban J connectivity index is 2.19. The van der Waals surface area contributed by atoms with E-state index in [1.807, 2.05) is 18.3 Å². The predicted octanol–water partition coefficient (Wildman–Crippen LogP) is 0.225. The molecule has 60 valence electrons. The van der Waals surface area contributed by atoms with Gasteiger partial charge >= 0.3 is 6.03 Å². The number of aromatic nitrogens is 1. The average Bonchev–Trinajstić information content (AvgIpc) is 2.39. The van der Waals surface area contributed by atoms with Crippen molar-refractivity contribution in [3.05, 3.63) is 24.0 Å². The van der Waals surface area contributed by atoms with Crippen molar-refractivity contribution >= 4 is 6.03 Å². The van der Waals surface area contributed by atoms with E-state index in [0.717, 1.165) is 12.1 Å². The van der Waals surface area contributed by atoms with Crippen LogP contribution >= 0.6 is 0 Å². The Morgan fingerprint density at radius 3 is 3.09 bits per heavy atom. The number of nitrogens with two attached hydrogens (primary N) is 1.